The van der Waals surface area contributed by atoms with E-state index < -0.39 is 5.41 Å². The molecule has 2 rings (SSSR count). The predicted molar refractivity (Wildman–Crippen MR) is 84.0 cm³/mol. The summed E-state index contributed by atoms with van der Waals surface area (Å²) in [7, 11) is 1.63. The Hall–Kier alpha value is -1.63. The van der Waals surface area contributed by atoms with Crippen molar-refractivity contribution in [2.75, 3.05) is 45.4 Å². The van der Waals surface area contributed by atoms with Crippen LogP contribution in [0.4, 0.5) is 5.69 Å². The molecule has 0 unspecified atom stereocenters. The molecule has 1 aromatic carbocycles. The lowest BCUT2D eigenvalue weighted by atomic mass is 9.79. The Kier molecular flexibility index (Phi) is 6.18. The van der Waals surface area contributed by atoms with Crippen molar-refractivity contribution in [1.29, 1.82) is 0 Å². The molecule has 122 valence electrons. The maximum Gasteiger partial charge on any atom is 0.232 e. The molecular weight excluding hydrogens is 284 g/mol. The summed E-state index contributed by atoms with van der Waals surface area (Å²) in [5.41, 5.74) is 6.05. The highest BCUT2D eigenvalue weighted by atomic mass is 16.5. The van der Waals surface area contributed by atoms with Crippen LogP contribution in [-0.2, 0) is 14.3 Å². The van der Waals surface area contributed by atoms with Gasteiger partial charge in [0.25, 0.3) is 0 Å². The fourth-order valence-electron chi connectivity index (χ4n) is 2.43. The Labute approximate surface area is 130 Å². The second-order valence-electron chi connectivity index (χ2n) is 5.42. The van der Waals surface area contributed by atoms with Crippen molar-refractivity contribution in [3.05, 3.63) is 24.3 Å². The van der Waals surface area contributed by atoms with E-state index in [0.29, 0.717) is 45.8 Å². The summed E-state index contributed by atoms with van der Waals surface area (Å²) in [5.74, 6) is 0.709. The third kappa shape index (κ3) is 4.19. The molecule has 0 radical (unpaired) electrons. The van der Waals surface area contributed by atoms with Crippen molar-refractivity contribution in [3.63, 3.8) is 0 Å². The molecule has 1 aliphatic heterocycles. The molecule has 0 saturated carbocycles. The average Bonchev–Trinajstić information content (AvgIpc) is 2.57. The first kappa shape index (κ1) is 16.7. The lowest BCUT2D eigenvalue weighted by Crippen LogP contribution is -2.46. The fraction of sp³-hybridized carbons (Fsp3) is 0.562. The Balaban J connectivity index is 1.93. The molecule has 0 atom stereocenters. The second kappa shape index (κ2) is 8.12. The summed E-state index contributed by atoms with van der Waals surface area (Å²) in [4.78, 5) is 12.5. The molecule has 22 heavy (non-hydrogen) atoms. The average molecular weight is 308 g/mol. The zero-order chi connectivity index (χ0) is 15.8. The van der Waals surface area contributed by atoms with E-state index in [0.717, 1.165) is 11.4 Å². The number of hydrogen-bond acceptors (Lipinski definition) is 5. The number of nitrogens with one attached hydrogen (secondary N) is 1. The summed E-state index contributed by atoms with van der Waals surface area (Å²) in [5, 5.41) is 2.94. The molecule has 1 saturated heterocycles. The van der Waals surface area contributed by atoms with Crippen molar-refractivity contribution in [2.24, 2.45) is 11.1 Å². The zero-order valence-electron chi connectivity index (χ0n) is 13.0. The van der Waals surface area contributed by atoms with Gasteiger partial charge < -0.3 is 25.3 Å². The number of carbonyl (C=O) groups is 1. The van der Waals surface area contributed by atoms with Crippen LogP contribution in [0.1, 0.15) is 12.8 Å². The van der Waals surface area contributed by atoms with E-state index >= 15 is 0 Å². The molecule has 1 fully saturated rings. The standard InChI is InChI=1S/C16H24N2O4/c1-20-10-11-22-14-4-2-13(3-5-14)18-15(19)16(12-17)6-8-21-9-7-16/h2-5H,6-12,17H2,1H3,(H,18,19). The number of rotatable bonds is 7. The molecule has 1 heterocycles. The summed E-state index contributed by atoms with van der Waals surface area (Å²) in [6.07, 6.45) is 1.32. The zero-order valence-corrected chi connectivity index (χ0v) is 13.0. The quantitative estimate of drug-likeness (QED) is 0.744. The van der Waals surface area contributed by atoms with Crippen LogP contribution in [0.25, 0.3) is 0 Å². The molecule has 1 amide bonds. The number of amides is 1. The van der Waals surface area contributed by atoms with Gasteiger partial charge in [-0.05, 0) is 37.1 Å². The van der Waals surface area contributed by atoms with E-state index in [-0.39, 0.29) is 5.91 Å². The van der Waals surface area contributed by atoms with Crippen molar-refractivity contribution in [2.45, 2.75) is 12.8 Å². The van der Waals surface area contributed by atoms with E-state index in [1.807, 2.05) is 24.3 Å². The number of benzene rings is 1. The van der Waals surface area contributed by atoms with Crippen LogP contribution in [-0.4, -0.2) is 46.0 Å². The van der Waals surface area contributed by atoms with Gasteiger partial charge in [-0.15, -0.1) is 0 Å². The first-order chi connectivity index (χ1) is 10.7. The van der Waals surface area contributed by atoms with Gasteiger partial charge >= 0.3 is 0 Å². The number of anilines is 1. The normalized spacial score (nSPS) is 17.0. The summed E-state index contributed by atoms with van der Waals surface area (Å²) in [6, 6.07) is 7.29. The highest BCUT2D eigenvalue weighted by Crippen LogP contribution is 2.31. The Bertz CT molecular complexity index is 470. The number of nitrogens with two attached hydrogens (primary N) is 1. The molecule has 0 aromatic heterocycles. The number of carbonyl (C=O) groups excluding carboxylic acids is 1. The van der Waals surface area contributed by atoms with Crippen LogP contribution in [0, 0.1) is 5.41 Å². The monoisotopic (exact) mass is 308 g/mol. The van der Waals surface area contributed by atoms with Crippen LogP contribution in [0.3, 0.4) is 0 Å². The first-order valence-corrected chi connectivity index (χ1v) is 7.51. The van der Waals surface area contributed by atoms with Gasteiger partial charge in [-0.25, -0.2) is 0 Å². The summed E-state index contributed by atoms with van der Waals surface area (Å²) < 4.78 is 15.7. The van der Waals surface area contributed by atoms with Crippen molar-refractivity contribution in [3.8, 4) is 5.75 Å². The van der Waals surface area contributed by atoms with Gasteiger partial charge in [0, 0.05) is 32.6 Å². The van der Waals surface area contributed by atoms with Gasteiger partial charge in [-0.1, -0.05) is 0 Å². The van der Waals surface area contributed by atoms with Gasteiger partial charge in [0.1, 0.15) is 12.4 Å². The lowest BCUT2D eigenvalue weighted by molar-refractivity contribution is -0.130. The lowest BCUT2D eigenvalue weighted by Gasteiger charge is -2.34. The maximum atomic E-state index is 12.5. The van der Waals surface area contributed by atoms with Gasteiger partial charge in [-0.2, -0.15) is 0 Å². The van der Waals surface area contributed by atoms with E-state index in [2.05, 4.69) is 5.32 Å². The molecule has 1 aliphatic rings. The highest BCUT2D eigenvalue weighted by Gasteiger charge is 2.38. The van der Waals surface area contributed by atoms with Gasteiger partial charge in [-0.3, -0.25) is 4.79 Å². The van der Waals surface area contributed by atoms with Crippen LogP contribution in [0.5, 0.6) is 5.75 Å². The molecule has 1 aromatic rings. The smallest absolute Gasteiger partial charge is 0.232 e. The van der Waals surface area contributed by atoms with Crippen molar-refractivity contribution >= 4 is 11.6 Å². The molecule has 6 heteroatoms. The molecule has 0 aliphatic carbocycles. The molecule has 6 nitrogen and oxygen atoms in total. The van der Waals surface area contributed by atoms with Crippen LogP contribution in [0.2, 0.25) is 0 Å². The Morgan fingerprint density at radius 2 is 1.95 bits per heavy atom. The largest absolute Gasteiger partial charge is 0.491 e. The van der Waals surface area contributed by atoms with E-state index in [1.165, 1.54) is 0 Å². The van der Waals surface area contributed by atoms with E-state index in [1.54, 1.807) is 7.11 Å². The molecule has 3 N–H and O–H groups in total. The maximum absolute atomic E-state index is 12.5. The minimum Gasteiger partial charge on any atom is -0.491 e. The summed E-state index contributed by atoms with van der Waals surface area (Å²) in [6.45, 7) is 2.53. The summed E-state index contributed by atoms with van der Waals surface area (Å²) >= 11 is 0. The highest BCUT2D eigenvalue weighted by molar-refractivity contribution is 5.95. The number of hydrogen-bond donors (Lipinski definition) is 2. The SMILES string of the molecule is COCCOc1ccc(NC(=O)C2(CN)CCOCC2)cc1. The van der Waals surface area contributed by atoms with Crippen LogP contribution < -0.4 is 15.8 Å². The predicted octanol–water partition coefficient (Wildman–Crippen LogP) is 1.41. The fourth-order valence-corrected chi connectivity index (χ4v) is 2.43. The second-order valence-corrected chi connectivity index (χ2v) is 5.42. The molecular formula is C16H24N2O4. The topological polar surface area (TPSA) is 82.8 Å². The van der Waals surface area contributed by atoms with Crippen LogP contribution >= 0.6 is 0 Å². The van der Waals surface area contributed by atoms with Crippen LogP contribution in [0.15, 0.2) is 24.3 Å². The number of ether oxygens (including phenoxy) is 3. The molecule has 0 bridgehead atoms. The Morgan fingerprint density at radius 3 is 2.55 bits per heavy atom. The minimum atomic E-state index is -0.522. The Morgan fingerprint density at radius 1 is 1.27 bits per heavy atom. The van der Waals surface area contributed by atoms with Gasteiger partial charge in [0.2, 0.25) is 5.91 Å². The third-order valence-corrected chi connectivity index (χ3v) is 3.99. The van der Waals surface area contributed by atoms with Gasteiger partial charge in [0.15, 0.2) is 0 Å². The minimum absolute atomic E-state index is 0.0358. The third-order valence-electron chi connectivity index (χ3n) is 3.99. The van der Waals surface area contributed by atoms with Crippen molar-refractivity contribution in [1.82, 2.24) is 0 Å². The number of methoxy groups -OCH3 is 1. The van der Waals surface area contributed by atoms with Crippen molar-refractivity contribution < 1.29 is 19.0 Å². The molecule has 0 spiro atoms. The van der Waals surface area contributed by atoms with E-state index in [9.17, 15) is 4.79 Å². The first-order valence-electron chi connectivity index (χ1n) is 7.51. The van der Waals surface area contributed by atoms with E-state index in [4.69, 9.17) is 19.9 Å². The van der Waals surface area contributed by atoms with Gasteiger partial charge in [0.05, 0.1) is 12.0 Å².